The Kier molecular flexibility index (Phi) is 10.3. The molecule has 3 aliphatic rings. The number of carbonyl (C=O) groups is 2. The van der Waals surface area contributed by atoms with Gasteiger partial charge in [0.15, 0.2) is 11.4 Å². The Labute approximate surface area is 277 Å². The van der Waals surface area contributed by atoms with Crippen molar-refractivity contribution in [3.05, 3.63) is 63.6 Å². The molecule has 2 amide bonds. The number of primary amides is 1. The van der Waals surface area contributed by atoms with E-state index in [4.69, 9.17) is 9.47 Å². The maximum atomic E-state index is 13.2. The Morgan fingerprint density at radius 1 is 1.17 bits per heavy atom. The van der Waals surface area contributed by atoms with E-state index < -0.39 is 6.10 Å². The summed E-state index contributed by atoms with van der Waals surface area (Å²) in [6, 6.07) is 11.1. The molecule has 3 aromatic rings. The summed E-state index contributed by atoms with van der Waals surface area (Å²) in [5, 5.41) is 26.3. The molecule has 0 bridgehead atoms. The van der Waals surface area contributed by atoms with Crippen LogP contribution in [0, 0.1) is 0 Å². The number of thiazole rings is 1. The monoisotopic (exact) mass is 668 g/mol. The highest BCUT2D eigenvalue weighted by atomic mass is 32.2. The van der Waals surface area contributed by atoms with E-state index in [-0.39, 0.29) is 22.5 Å². The molecule has 11 nitrogen and oxygen atoms in total. The number of quaternary nitrogens is 1. The average Bonchev–Trinajstić information content (AvgIpc) is 3.71. The van der Waals surface area contributed by atoms with E-state index >= 15 is 0 Å². The summed E-state index contributed by atoms with van der Waals surface area (Å²) in [6.45, 7) is 10.1. The van der Waals surface area contributed by atoms with Gasteiger partial charge in [-0.2, -0.15) is 0 Å². The van der Waals surface area contributed by atoms with E-state index in [0.717, 1.165) is 60.6 Å². The lowest BCUT2D eigenvalue weighted by Gasteiger charge is -2.47. The summed E-state index contributed by atoms with van der Waals surface area (Å²) in [5.41, 5.74) is 1.90. The van der Waals surface area contributed by atoms with Crippen LogP contribution in [0.1, 0.15) is 64.5 Å². The van der Waals surface area contributed by atoms with Crippen LogP contribution < -0.4 is 15.4 Å². The Hall–Kier alpha value is -3.04. The molecule has 4 heterocycles. The van der Waals surface area contributed by atoms with Crippen molar-refractivity contribution in [3.8, 4) is 11.5 Å². The number of aromatic nitrogens is 1. The number of hydrogen-bond acceptors (Lipinski definition) is 11. The van der Waals surface area contributed by atoms with Gasteiger partial charge >= 0.3 is 5.24 Å². The first-order valence-electron chi connectivity index (χ1n) is 15.8. The van der Waals surface area contributed by atoms with Gasteiger partial charge in [-0.05, 0) is 36.6 Å². The van der Waals surface area contributed by atoms with Gasteiger partial charge in [-0.25, -0.2) is 15.1 Å². The fourth-order valence-corrected chi connectivity index (χ4v) is 8.00. The molecule has 2 fully saturated rings. The second-order valence-corrected chi connectivity index (χ2v) is 14.5. The van der Waals surface area contributed by atoms with E-state index in [1.165, 1.54) is 22.7 Å². The summed E-state index contributed by atoms with van der Waals surface area (Å²) in [5.74, 6) is 1.24. The van der Waals surface area contributed by atoms with Gasteiger partial charge in [0.2, 0.25) is 0 Å². The zero-order chi connectivity index (χ0) is 32.3. The Balaban J connectivity index is 0.902. The van der Waals surface area contributed by atoms with Gasteiger partial charge in [0.05, 0.1) is 41.0 Å². The molecule has 46 heavy (non-hydrogen) atoms. The average molecular weight is 669 g/mol. The maximum absolute atomic E-state index is 13.2. The molecule has 0 saturated carbocycles. The van der Waals surface area contributed by atoms with Crippen molar-refractivity contribution in [1.29, 1.82) is 0 Å². The van der Waals surface area contributed by atoms with Crippen molar-refractivity contribution in [2.45, 2.75) is 55.8 Å². The van der Waals surface area contributed by atoms with Crippen molar-refractivity contribution in [3.63, 3.8) is 0 Å². The quantitative estimate of drug-likeness (QED) is 0.177. The summed E-state index contributed by atoms with van der Waals surface area (Å²) >= 11 is 2.53. The van der Waals surface area contributed by atoms with E-state index in [1.807, 2.05) is 29.2 Å². The van der Waals surface area contributed by atoms with Gasteiger partial charge in [-0.1, -0.05) is 32.0 Å². The number of ether oxygens (including phenoxy) is 2. The van der Waals surface area contributed by atoms with Gasteiger partial charge in [0, 0.05) is 62.5 Å². The van der Waals surface area contributed by atoms with Crippen LogP contribution in [0.15, 0.2) is 47.5 Å². The molecule has 6 rings (SSSR count). The number of hydrogen-bond donors (Lipinski definition) is 4. The van der Waals surface area contributed by atoms with Gasteiger partial charge in [-0.3, -0.25) is 9.69 Å². The molecular weight excluding hydrogens is 627 g/mol. The first-order chi connectivity index (χ1) is 22.2. The topological polar surface area (TPSA) is 141 Å². The molecule has 0 unspecified atom stereocenters. The van der Waals surface area contributed by atoms with Crippen LogP contribution in [-0.4, -0.2) is 94.2 Å². The lowest BCUT2D eigenvalue weighted by molar-refractivity contribution is -0.452. The largest absolute Gasteiger partial charge is 0.503 e. The van der Waals surface area contributed by atoms with Gasteiger partial charge in [-0.15, -0.1) is 11.3 Å². The van der Waals surface area contributed by atoms with Gasteiger partial charge in [0.1, 0.15) is 17.2 Å². The van der Waals surface area contributed by atoms with Crippen LogP contribution in [-0.2, 0) is 11.3 Å². The number of nitrogens with one attached hydrogen (secondary N) is 1. The number of benzene rings is 2. The van der Waals surface area contributed by atoms with E-state index in [1.54, 1.807) is 12.3 Å². The molecule has 13 heteroatoms. The number of thioether (sulfide) groups is 1. The number of nitrogens with two attached hydrogens (primary N) is 1. The molecule has 1 aromatic heterocycles. The number of piperidine rings is 1. The van der Waals surface area contributed by atoms with Crippen LogP contribution in [0.4, 0.5) is 10.5 Å². The second kappa shape index (κ2) is 14.4. The number of aliphatic hydroxyl groups excluding tert-OH is 1. The Morgan fingerprint density at radius 3 is 2.70 bits per heavy atom. The molecular formula is C33H42N5O6S2+. The number of amides is 2. The highest BCUT2D eigenvalue weighted by Crippen LogP contribution is 2.40. The van der Waals surface area contributed by atoms with E-state index in [2.05, 4.69) is 29.0 Å². The third kappa shape index (κ3) is 7.57. The summed E-state index contributed by atoms with van der Waals surface area (Å²) < 4.78 is 12.3. The molecule has 3 aliphatic heterocycles. The fourth-order valence-electron chi connectivity index (χ4n) is 6.14. The van der Waals surface area contributed by atoms with Crippen molar-refractivity contribution in [2.24, 2.45) is 0 Å². The molecule has 1 spiro atoms. The Morgan fingerprint density at radius 2 is 1.96 bits per heavy atom. The lowest BCUT2D eigenvalue weighted by atomic mass is 9.89. The first-order valence-corrected chi connectivity index (χ1v) is 17.5. The van der Waals surface area contributed by atoms with Crippen molar-refractivity contribution in [2.75, 3.05) is 52.5 Å². The van der Waals surface area contributed by atoms with E-state index in [0.29, 0.717) is 66.3 Å². The van der Waals surface area contributed by atoms with Crippen molar-refractivity contribution in [1.82, 2.24) is 20.1 Å². The molecule has 2 aromatic carbocycles. The van der Waals surface area contributed by atoms with Crippen molar-refractivity contribution >= 4 is 39.9 Å². The van der Waals surface area contributed by atoms with Crippen LogP contribution in [0.25, 0.3) is 0 Å². The highest BCUT2D eigenvalue weighted by molar-refractivity contribution is 8.13. The zero-order valence-corrected chi connectivity index (χ0v) is 27.9. The van der Waals surface area contributed by atoms with Crippen LogP contribution in [0.3, 0.4) is 0 Å². The predicted octanol–water partition coefficient (Wildman–Crippen LogP) is 3.60. The number of rotatable bonds is 11. The van der Waals surface area contributed by atoms with Crippen LogP contribution in [0.5, 0.6) is 11.5 Å². The summed E-state index contributed by atoms with van der Waals surface area (Å²) in [6.07, 6.45) is 2.69. The third-order valence-electron chi connectivity index (χ3n) is 8.83. The standard InChI is InChI=1S/C33H41N5O6S2/c1-21(2)30-35-19-27(45-30)31(41)38-14-16-44-33(20-38)9-11-37(12-10-33)13-15-43-23-5-3-22(4-6-23)17-34-18-26(40)24-7-8-25(39)28-29(24)46-32(42)36-28/h3-8,19,21,26,34,39-40H,9-18,20H2,1-2H3,(H,36,42)/p+1/t26-/m0/s1. The molecule has 2 saturated heterocycles. The molecule has 0 aliphatic carbocycles. The summed E-state index contributed by atoms with van der Waals surface area (Å²) in [7, 11) is 0. The maximum Gasteiger partial charge on any atom is 0.381 e. The lowest BCUT2D eigenvalue weighted by Crippen LogP contribution is -2.78. The number of phenols is 1. The number of morpholine rings is 1. The SMILES string of the molecule is CC(C)c1ncc(C(=O)N2CCOC3(CCN(CCOc4ccc(CNC[C@H](O)c5ccc(O)c6c5SC(=O)[NH2+]6)cc4)CC3)C2)s1. The zero-order valence-electron chi connectivity index (χ0n) is 26.2. The van der Waals surface area contributed by atoms with Gasteiger partial charge in [0.25, 0.3) is 5.91 Å². The number of fused-ring (bicyclic) bond motifs is 1. The smallest absolute Gasteiger partial charge is 0.381 e. The number of carbonyl (C=O) groups excluding carboxylic acids is 2. The number of aliphatic hydroxyl groups is 1. The number of likely N-dealkylation sites (tertiary alicyclic amines) is 1. The molecule has 5 N–H and O–H groups in total. The summed E-state index contributed by atoms with van der Waals surface area (Å²) in [4.78, 5) is 35.1. The normalized spacial score (nSPS) is 18.7. The fraction of sp³-hybridized carbons (Fsp3) is 0.485. The number of nitrogens with zero attached hydrogens (tertiary/aromatic N) is 3. The number of phenolic OH excluding ortho intramolecular Hbond substituents is 1. The Bertz CT molecular complexity index is 1540. The highest BCUT2D eigenvalue weighted by Gasteiger charge is 2.41. The molecule has 1 atom stereocenters. The van der Waals surface area contributed by atoms with Crippen LogP contribution >= 0.6 is 23.1 Å². The number of aromatic hydroxyl groups is 1. The van der Waals surface area contributed by atoms with Gasteiger partial charge < -0.3 is 29.9 Å². The predicted molar refractivity (Wildman–Crippen MR) is 176 cm³/mol. The minimum atomic E-state index is -0.804. The third-order valence-corrected chi connectivity index (χ3v) is 11.1. The first kappa shape index (κ1) is 32.9. The minimum absolute atomic E-state index is 0.0483. The molecule has 246 valence electrons. The van der Waals surface area contributed by atoms with Crippen LogP contribution in [0.2, 0.25) is 0 Å². The molecule has 0 radical (unpaired) electrons. The second-order valence-electron chi connectivity index (χ2n) is 12.4. The minimum Gasteiger partial charge on any atom is -0.503 e. The van der Waals surface area contributed by atoms with E-state index in [9.17, 15) is 19.8 Å². The van der Waals surface area contributed by atoms with Crippen molar-refractivity contribution < 1.29 is 34.6 Å².